The molecule has 0 saturated carbocycles. The molecule has 112 valence electrons. The van der Waals surface area contributed by atoms with Crippen LogP contribution in [0.25, 0.3) is 11.5 Å². The monoisotopic (exact) mass is 307 g/mol. The van der Waals surface area contributed by atoms with Gasteiger partial charge in [-0.3, -0.25) is 0 Å². The number of hydrogen-bond donors (Lipinski definition) is 1. The molecule has 1 aliphatic rings. The minimum Gasteiger partial charge on any atom is -0.334 e. The van der Waals surface area contributed by atoms with Crippen LogP contribution in [0.4, 0.5) is 0 Å². The summed E-state index contributed by atoms with van der Waals surface area (Å²) in [7, 11) is -3.27. The second-order valence-corrected chi connectivity index (χ2v) is 7.48. The maximum absolute atomic E-state index is 11.8. The van der Waals surface area contributed by atoms with Crippen molar-refractivity contribution in [2.45, 2.75) is 18.2 Å². The van der Waals surface area contributed by atoms with Gasteiger partial charge >= 0.3 is 0 Å². The van der Waals surface area contributed by atoms with Gasteiger partial charge < -0.3 is 9.84 Å². The van der Waals surface area contributed by atoms with Crippen LogP contribution in [0.15, 0.2) is 27.6 Å². The lowest BCUT2D eigenvalue weighted by atomic mass is 9.99. The van der Waals surface area contributed by atoms with Crippen LogP contribution in [0.1, 0.15) is 11.4 Å². The molecule has 0 amide bonds. The minimum atomic E-state index is -3.27. The van der Waals surface area contributed by atoms with Crippen molar-refractivity contribution in [1.29, 1.82) is 0 Å². The molecular weight excluding hydrogens is 290 g/mol. The van der Waals surface area contributed by atoms with E-state index in [2.05, 4.69) is 15.5 Å². The zero-order valence-corrected chi connectivity index (χ0v) is 12.8. The molecule has 0 atom stereocenters. The van der Waals surface area contributed by atoms with Crippen molar-refractivity contribution in [3.8, 4) is 11.5 Å². The summed E-state index contributed by atoms with van der Waals surface area (Å²) in [6, 6.07) is 5.14. The fraction of sp³-hybridized carbons (Fsp3) is 0.429. The van der Waals surface area contributed by atoms with Crippen LogP contribution in [-0.4, -0.2) is 37.9 Å². The second kappa shape index (κ2) is 5.23. The van der Waals surface area contributed by atoms with Gasteiger partial charge in [-0.15, -0.1) is 0 Å². The first-order chi connectivity index (χ1) is 9.93. The third-order valence-corrected chi connectivity index (χ3v) is 4.88. The normalized spacial score (nSPS) is 15.9. The van der Waals surface area contributed by atoms with Gasteiger partial charge in [-0.25, -0.2) is 8.42 Å². The maximum Gasteiger partial charge on any atom is 0.257 e. The van der Waals surface area contributed by atoms with Crippen molar-refractivity contribution in [3.05, 3.63) is 29.6 Å². The van der Waals surface area contributed by atoms with Gasteiger partial charge in [-0.05, 0) is 43.6 Å². The van der Waals surface area contributed by atoms with E-state index in [-0.39, 0.29) is 0 Å². The van der Waals surface area contributed by atoms with Crippen molar-refractivity contribution < 1.29 is 12.9 Å². The number of nitrogens with zero attached hydrogens (tertiary/aromatic N) is 2. The zero-order chi connectivity index (χ0) is 15.0. The van der Waals surface area contributed by atoms with Crippen molar-refractivity contribution in [1.82, 2.24) is 15.5 Å². The van der Waals surface area contributed by atoms with Gasteiger partial charge in [0.2, 0.25) is 0 Å². The average Bonchev–Trinajstić information content (AvgIpc) is 2.81. The molecule has 2 aromatic rings. The molecule has 2 heterocycles. The Balaban J connectivity index is 1.90. The van der Waals surface area contributed by atoms with Crippen molar-refractivity contribution in [2.75, 3.05) is 19.3 Å². The molecule has 3 rings (SSSR count). The van der Waals surface area contributed by atoms with E-state index in [1.807, 2.05) is 0 Å². The quantitative estimate of drug-likeness (QED) is 0.914. The molecule has 0 bridgehead atoms. The molecule has 1 N–H and O–H groups in total. The van der Waals surface area contributed by atoms with Gasteiger partial charge in [0.25, 0.3) is 5.89 Å². The Morgan fingerprint density at radius 2 is 2.14 bits per heavy atom. The lowest BCUT2D eigenvalue weighted by Crippen LogP contribution is -2.43. The summed E-state index contributed by atoms with van der Waals surface area (Å²) in [6.45, 7) is 3.72. The molecule has 21 heavy (non-hydrogen) atoms. The fourth-order valence-corrected chi connectivity index (χ4v) is 3.33. The third kappa shape index (κ3) is 2.98. The smallest absolute Gasteiger partial charge is 0.257 e. The molecule has 0 aliphatic carbocycles. The maximum atomic E-state index is 11.8. The molecule has 0 spiro atoms. The van der Waals surface area contributed by atoms with E-state index >= 15 is 0 Å². The van der Waals surface area contributed by atoms with Crippen LogP contribution in [0, 0.1) is 12.8 Å². The molecular formula is C14H17N3O3S. The van der Waals surface area contributed by atoms with Crippen LogP contribution < -0.4 is 5.32 Å². The molecule has 1 aromatic heterocycles. The predicted octanol–water partition coefficient (Wildman–Crippen LogP) is 1.21. The second-order valence-electron chi connectivity index (χ2n) is 5.50. The summed E-state index contributed by atoms with van der Waals surface area (Å²) in [5.74, 6) is 1.58. The van der Waals surface area contributed by atoms with E-state index in [4.69, 9.17) is 4.52 Å². The standard InChI is InChI=1S/C14H17N3O3S/c1-9-3-4-11(6-12(9)21(2,18)19)14-16-13(17-20-14)5-10-7-15-8-10/h3-4,6,10,15H,5,7-8H2,1-2H3. The summed E-state index contributed by atoms with van der Waals surface area (Å²) in [6.07, 6.45) is 1.98. The van der Waals surface area contributed by atoms with E-state index < -0.39 is 9.84 Å². The number of hydrogen-bond acceptors (Lipinski definition) is 6. The molecule has 7 heteroatoms. The Hall–Kier alpha value is -1.73. The van der Waals surface area contributed by atoms with Crippen LogP contribution in [0.2, 0.25) is 0 Å². The summed E-state index contributed by atoms with van der Waals surface area (Å²) >= 11 is 0. The number of rotatable bonds is 4. The van der Waals surface area contributed by atoms with Gasteiger partial charge in [0.15, 0.2) is 15.7 Å². The highest BCUT2D eigenvalue weighted by Crippen LogP contribution is 2.24. The van der Waals surface area contributed by atoms with E-state index in [1.54, 1.807) is 25.1 Å². The van der Waals surface area contributed by atoms with Gasteiger partial charge in [0.05, 0.1) is 4.90 Å². The molecule has 1 saturated heterocycles. The van der Waals surface area contributed by atoms with Gasteiger partial charge in [-0.2, -0.15) is 4.98 Å². The lowest BCUT2D eigenvalue weighted by molar-refractivity contribution is 0.333. The van der Waals surface area contributed by atoms with Gasteiger partial charge in [0, 0.05) is 18.2 Å². The topological polar surface area (TPSA) is 85.1 Å². The third-order valence-electron chi connectivity index (χ3n) is 3.64. The largest absolute Gasteiger partial charge is 0.334 e. The number of aryl methyl sites for hydroxylation is 1. The van der Waals surface area contributed by atoms with Crippen molar-refractivity contribution >= 4 is 9.84 Å². The number of aromatic nitrogens is 2. The average molecular weight is 307 g/mol. The Morgan fingerprint density at radius 1 is 1.38 bits per heavy atom. The van der Waals surface area contributed by atoms with Crippen LogP contribution >= 0.6 is 0 Å². The van der Waals surface area contributed by atoms with Crippen LogP contribution in [0.3, 0.4) is 0 Å². The highest BCUT2D eigenvalue weighted by molar-refractivity contribution is 7.90. The summed E-state index contributed by atoms with van der Waals surface area (Å²) in [4.78, 5) is 4.65. The Labute approximate surface area is 123 Å². The molecule has 6 nitrogen and oxygen atoms in total. The van der Waals surface area contributed by atoms with Crippen molar-refractivity contribution in [2.24, 2.45) is 5.92 Å². The number of nitrogens with one attached hydrogen (secondary N) is 1. The lowest BCUT2D eigenvalue weighted by Gasteiger charge is -2.25. The number of benzene rings is 1. The van der Waals surface area contributed by atoms with E-state index in [9.17, 15) is 8.42 Å². The highest BCUT2D eigenvalue weighted by Gasteiger charge is 2.21. The van der Waals surface area contributed by atoms with E-state index in [0.29, 0.717) is 33.7 Å². The van der Waals surface area contributed by atoms with E-state index in [0.717, 1.165) is 19.5 Å². The first-order valence-corrected chi connectivity index (χ1v) is 8.67. The Kier molecular flexibility index (Phi) is 3.54. The minimum absolute atomic E-state index is 0.294. The van der Waals surface area contributed by atoms with Crippen LogP contribution in [0.5, 0.6) is 0 Å². The van der Waals surface area contributed by atoms with Crippen LogP contribution in [-0.2, 0) is 16.3 Å². The Morgan fingerprint density at radius 3 is 2.76 bits per heavy atom. The molecule has 1 aliphatic heterocycles. The molecule has 0 radical (unpaired) electrons. The van der Waals surface area contributed by atoms with Gasteiger partial charge in [-0.1, -0.05) is 11.2 Å². The SMILES string of the molecule is Cc1ccc(-c2nc(CC3CNC3)no2)cc1S(C)(=O)=O. The summed E-state index contributed by atoms with van der Waals surface area (Å²) in [5, 5.41) is 7.16. The number of sulfone groups is 1. The first kappa shape index (κ1) is 14.2. The summed E-state index contributed by atoms with van der Waals surface area (Å²) in [5.41, 5.74) is 1.34. The molecule has 0 unspecified atom stereocenters. The van der Waals surface area contributed by atoms with Crippen molar-refractivity contribution in [3.63, 3.8) is 0 Å². The van der Waals surface area contributed by atoms with Gasteiger partial charge in [0.1, 0.15) is 0 Å². The molecule has 1 aromatic carbocycles. The highest BCUT2D eigenvalue weighted by atomic mass is 32.2. The first-order valence-electron chi connectivity index (χ1n) is 6.78. The summed E-state index contributed by atoms with van der Waals surface area (Å²) < 4.78 is 28.8. The Bertz CT molecular complexity index is 764. The fourth-order valence-electron chi connectivity index (χ4n) is 2.34. The zero-order valence-electron chi connectivity index (χ0n) is 12.0. The predicted molar refractivity (Wildman–Crippen MR) is 77.6 cm³/mol. The molecule has 1 fully saturated rings. The van der Waals surface area contributed by atoms with E-state index in [1.165, 1.54) is 6.26 Å².